The zero-order chi connectivity index (χ0) is 14.1. The monoisotopic (exact) mass is 271 g/mol. The van der Waals surface area contributed by atoms with Gasteiger partial charge in [-0.25, -0.2) is 4.98 Å². The Morgan fingerprint density at radius 2 is 2.10 bits per heavy atom. The van der Waals surface area contributed by atoms with Crippen molar-refractivity contribution >= 4 is 22.8 Å². The summed E-state index contributed by atoms with van der Waals surface area (Å²) in [4.78, 5) is 22.3. The van der Waals surface area contributed by atoms with E-state index in [2.05, 4.69) is 14.9 Å². The first-order valence-corrected chi connectivity index (χ1v) is 6.86. The summed E-state index contributed by atoms with van der Waals surface area (Å²) < 4.78 is 0. The molecule has 0 radical (unpaired) electrons. The highest BCUT2D eigenvalue weighted by Crippen LogP contribution is 2.27. The third-order valence-corrected chi connectivity index (χ3v) is 3.96. The Balaban J connectivity index is 1.86. The standard InChI is InChI=1S/C15H17N3O2/c1-10-8-11(15(19)20)6-7-18(10)14-9-16-12-4-2-3-5-13(12)17-14/h2-5,9-11H,6-8H2,1H3,(H,19,20). The lowest BCUT2D eigenvalue weighted by molar-refractivity contribution is -0.142. The fourth-order valence-electron chi connectivity index (χ4n) is 2.82. The average Bonchev–Trinajstić information content (AvgIpc) is 2.46. The van der Waals surface area contributed by atoms with E-state index in [1.165, 1.54) is 0 Å². The summed E-state index contributed by atoms with van der Waals surface area (Å²) in [5.41, 5.74) is 1.75. The minimum absolute atomic E-state index is 0.167. The Kier molecular flexibility index (Phi) is 3.26. The Morgan fingerprint density at radius 1 is 1.35 bits per heavy atom. The van der Waals surface area contributed by atoms with E-state index in [1.54, 1.807) is 6.20 Å². The number of aliphatic carboxylic acids is 1. The summed E-state index contributed by atoms with van der Waals surface area (Å²) in [7, 11) is 0. The summed E-state index contributed by atoms with van der Waals surface area (Å²) in [6, 6.07) is 7.94. The van der Waals surface area contributed by atoms with Gasteiger partial charge in [-0.05, 0) is 31.9 Å². The van der Waals surface area contributed by atoms with Crippen LogP contribution in [0.25, 0.3) is 11.0 Å². The van der Waals surface area contributed by atoms with Crippen LogP contribution in [0.5, 0.6) is 0 Å². The molecule has 1 N–H and O–H groups in total. The Labute approximate surface area is 117 Å². The zero-order valence-electron chi connectivity index (χ0n) is 11.4. The number of para-hydroxylation sites is 2. The molecule has 1 saturated heterocycles. The molecule has 1 aliphatic heterocycles. The van der Waals surface area contributed by atoms with Crippen LogP contribution in [-0.4, -0.2) is 33.6 Å². The molecular weight excluding hydrogens is 254 g/mol. The first-order valence-electron chi connectivity index (χ1n) is 6.86. The third-order valence-electron chi connectivity index (χ3n) is 3.96. The predicted octanol–water partition coefficient (Wildman–Crippen LogP) is 2.32. The molecule has 0 spiro atoms. The van der Waals surface area contributed by atoms with Crippen molar-refractivity contribution < 1.29 is 9.90 Å². The molecule has 0 bridgehead atoms. The van der Waals surface area contributed by atoms with Crippen LogP contribution in [0.1, 0.15) is 19.8 Å². The topological polar surface area (TPSA) is 66.3 Å². The number of anilines is 1. The normalized spacial score (nSPS) is 22.9. The number of fused-ring (bicyclic) bond motifs is 1. The lowest BCUT2D eigenvalue weighted by Gasteiger charge is -2.36. The van der Waals surface area contributed by atoms with Gasteiger partial charge in [0.1, 0.15) is 5.82 Å². The maximum absolute atomic E-state index is 11.1. The molecule has 2 unspecified atom stereocenters. The number of piperidine rings is 1. The van der Waals surface area contributed by atoms with Crippen LogP contribution in [0.4, 0.5) is 5.82 Å². The Hall–Kier alpha value is -2.17. The molecule has 1 aromatic carbocycles. The number of carbonyl (C=O) groups is 1. The van der Waals surface area contributed by atoms with Gasteiger partial charge in [0.2, 0.25) is 0 Å². The minimum atomic E-state index is -0.693. The molecule has 0 aliphatic carbocycles. The summed E-state index contributed by atoms with van der Waals surface area (Å²) in [6.07, 6.45) is 3.10. The van der Waals surface area contributed by atoms with Gasteiger partial charge in [-0.15, -0.1) is 0 Å². The maximum Gasteiger partial charge on any atom is 0.306 e. The molecule has 20 heavy (non-hydrogen) atoms. The lowest BCUT2D eigenvalue weighted by Crippen LogP contribution is -2.43. The van der Waals surface area contributed by atoms with Gasteiger partial charge in [-0.3, -0.25) is 9.78 Å². The fraction of sp³-hybridized carbons (Fsp3) is 0.400. The average molecular weight is 271 g/mol. The predicted molar refractivity (Wildman–Crippen MR) is 76.7 cm³/mol. The van der Waals surface area contributed by atoms with Crippen LogP contribution in [0, 0.1) is 5.92 Å². The van der Waals surface area contributed by atoms with E-state index in [1.807, 2.05) is 31.2 Å². The highest BCUT2D eigenvalue weighted by molar-refractivity contribution is 5.75. The number of rotatable bonds is 2. The molecule has 0 amide bonds. The maximum atomic E-state index is 11.1. The summed E-state index contributed by atoms with van der Waals surface area (Å²) in [6.45, 7) is 2.76. The molecule has 2 atom stereocenters. The van der Waals surface area contributed by atoms with E-state index >= 15 is 0 Å². The van der Waals surface area contributed by atoms with Gasteiger partial charge in [0.15, 0.2) is 0 Å². The SMILES string of the molecule is CC1CC(C(=O)O)CCN1c1cnc2ccccc2n1. The van der Waals surface area contributed by atoms with Gasteiger partial charge < -0.3 is 10.0 Å². The van der Waals surface area contributed by atoms with Crippen molar-refractivity contribution in [2.45, 2.75) is 25.8 Å². The number of aromatic nitrogens is 2. The van der Waals surface area contributed by atoms with E-state index < -0.39 is 5.97 Å². The molecule has 2 aromatic rings. The van der Waals surface area contributed by atoms with Crippen molar-refractivity contribution in [2.24, 2.45) is 5.92 Å². The summed E-state index contributed by atoms with van der Waals surface area (Å²) in [5, 5.41) is 9.11. The van der Waals surface area contributed by atoms with E-state index in [0.29, 0.717) is 19.4 Å². The van der Waals surface area contributed by atoms with Crippen molar-refractivity contribution in [3.05, 3.63) is 30.5 Å². The summed E-state index contributed by atoms with van der Waals surface area (Å²) >= 11 is 0. The fourth-order valence-corrected chi connectivity index (χ4v) is 2.82. The highest BCUT2D eigenvalue weighted by Gasteiger charge is 2.30. The zero-order valence-corrected chi connectivity index (χ0v) is 11.4. The number of hydrogen-bond donors (Lipinski definition) is 1. The highest BCUT2D eigenvalue weighted by atomic mass is 16.4. The largest absolute Gasteiger partial charge is 0.481 e. The van der Waals surface area contributed by atoms with Gasteiger partial charge in [0, 0.05) is 12.6 Å². The number of hydrogen-bond acceptors (Lipinski definition) is 4. The van der Waals surface area contributed by atoms with E-state index in [-0.39, 0.29) is 12.0 Å². The summed E-state index contributed by atoms with van der Waals surface area (Å²) in [5.74, 6) is -0.101. The second kappa shape index (κ2) is 5.07. The first kappa shape index (κ1) is 12.8. The van der Waals surface area contributed by atoms with Crippen LogP contribution >= 0.6 is 0 Å². The van der Waals surface area contributed by atoms with Gasteiger partial charge in [0.25, 0.3) is 0 Å². The molecule has 104 valence electrons. The molecule has 3 rings (SSSR count). The molecule has 1 fully saturated rings. The minimum Gasteiger partial charge on any atom is -0.481 e. The van der Waals surface area contributed by atoms with Gasteiger partial charge in [-0.2, -0.15) is 0 Å². The smallest absolute Gasteiger partial charge is 0.306 e. The quantitative estimate of drug-likeness (QED) is 0.908. The van der Waals surface area contributed by atoms with Gasteiger partial charge in [-0.1, -0.05) is 12.1 Å². The van der Waals surface area contributed by atoms with E-state index in [9.17, 15) is 4.79 Å². The Bertz CT molecular complexity index is 644. The van der Waals surface area contributed by atoms with Crippen molar-refractivity contribution in [1.82, 2.24) is 9.97 Å². The van der Waals surface area contributed by atoms with Crippen LogP contribution in [0.15, 0.2) is 30.5 Å². The molecule has 0 saturated carbocycles. The first-order chi connectivity index (χ1) is 9.65. The van der Waals surface area contributed by atoms with E-state index in [4.69, 9.17) is 5.11 Å². The van der Waals surface area contributed by atoms with Crippen LogP contribution in [0.3, 0.4) is 0 Å². The molecule has 5 heteroatoms. The molecule has 2 heterocycles. The number of benzene rings is 1. The second-order valence-corrected chi connectivity index (χ2v) is 5.32. The van der Waals surface area contributed by atoms with Crippen molar-refractivity contribution in [1.29, 1.82) is 0 Å². The molecule has 1 aromatic heterocycles. The van der Waals surface area contributed by atoms with Gasteiger partial charge in [0.05, 0.1) is 23.1 Å². The van der Waals surface area contributed by atoms with Crippen LogP contribution in [-0.2, 0) is 4.79 Å². The number of nitrogens with zero attached hydrogens (tertiary/aromatic N) is 3. The third kappa shape index (κ3) is 2.31. The number of carboxylic acids is 1. The molecule has 5 nitrogen and oxygen atoms in total. The Morgan fingerprint density at radius 3 is 2.80 bits per heavy atom. The lowest BCUT2D eigenvalue weighted by atomic mass is 9.92. The second-order valence-electron chi connectivity index (χ2n) is 5.32. The van der Waals surface area contributed by atoms with Crippen molar-refractivity contribution in [3.63, 3.8) is 0 Å². The molecular formula is C15H17N3O2. The van der Waals surface area contributed by atoms with E-state index in [0.717, 1.165) is 16.9 Å². The van der Waals surface area contributed by atoms with Crippen LogP contribution < -0.4 is 4.90 Å². The number of carboxylic acid groups (broad SMARTS) is 1. The van der Waals surface area contributed by atoms with Crippen LogP contribution in [0.2, 0.25) is 0 Å². The van der Waals surface area contributed by atoms with Crippen molar-refractivity contribution in [3.8, 4) is 0 Å². The van der Waals surface area contributed by atoms with Crippen molar-refractivity contribution in [2.75, 3.05) is 11.4 Å². The van der Waals surface area contributed by atoms with Gasteiger partial charge >= 0.3 is 5.97 Å². The molecule has 1 aliphatic rings.